The first kappa shape index (κ1) is 15.9. The Morgan fingerprint density at radius 3 is 2.27 bits per heavy atom. The molecule has 5 heteroatoms. The highest BCUT2D eigenvalue weighted by Crippen LogP contribution is 2.34. The van der Waals surface area contributed by atoms with Crippen molar-refractivity contribution >= 4 is 63.7 Å². The summed E-state index contributed by atoms with van der Waals surface area (Å²) < 4.78 is 3.57. The number of nitrogens with one attached hydrogen (secondary N) is 1. The Morgan fingerprint density at radius 1 is 1.20 bits per heavy atom. The second-order valence-electron chi connectivity index (χ2n) is 2.83. The average Bonchev–Trinajstić information content (AvgIpc) is 2.21. The van der Waals surface area contributed by atoms with Crippen molar-refractivity contribution in [1.29, 1.82) is 0 Å². The van der Waals surface area contributed by atoms with Crippen LogP contribution in [-0.2, 0) is 0 Å². The van der Waals surface area contributed by atoms with Crippen LogP contribution >= 0.6 is 63.7 Å². The van der Waals surface area contributed by atoms with E-state index in [-0.39, 0.29) is 0 Å². The van der Waals surface area contributed by atoms with Crippen molar-refractivity contribution in [3.8, 4) is 0 Å². The second-order valence-corrected chi connectivity index (χ2v) is 6.23. The minimum atomic E-state index is 0.799. The average molecular weight is 467 g/mol. The van der Waals surface area contributed by atoms with Gasteiger partial charge >= 0.3 is 0 Å². The maximum Gasteiger partial charge on any atom is 0.0485 e. The van der Waals surface area contributed by atoms with E-state index in [1.807, 2.05) is 6.20 Å². The predicted molar refractivity (Wildman–Crippen MR) is 82.9 cm³/mol. The molecule has 1 N–H and O–H groups in total. The van der Waals surface area contributed by atoms with Gasteiger partial charge in [0.25, 0.3) is 0 Å². The zero-order chi connectivity index (χ0) is 11.8. The molecule has 1 nitrogen and oxygen atoms in total. The van der Waals surface area contributed by atoms with Crippen LogP contribution in [0.3, 0.4) is 0 Å². The highest BCUT2D eigenvalue weighted by molar-refractivity contribution is 9.17. The quantitative estimate of drug-likeness (QED) is 0.401. The van der Waals surface area contributed by atoms with E-state index in [4.69, 9.17) is 0 Å². The van der Waals surface area contributed by atoms with Crippen LogP contribution in [0.5, 0.6) is 0 Å². The summed E-state index contributed by atoms with van der Waals surface area (Å²) >= 11 is 13.7. The van der Waals surface area contributed by atoms with Crippen LogP contribution in [-0.4, -0.2) is 6.54 Å². The largest absolute Gasteiger partial charge is 0.390 e. The number of hydrogen-bond donors (Lipinski definition) is 1. The van der Waals surface area contributed by atoms with E-state index in [0.717, 1.165) is 24.5 Å². The third-order valence-corrected chi connectivity index (χ3v) is 5.86. The molecule has 0 aliphatic heterocycles. The molecule has 0 unspecified atom stereocenters. The minimum Gasteiger partial charge on any atom is -0.390 e. The maximum absolute atomic E-state index is 3.78. The Labute approximate surface area is 125 Å². The van der Waals surface area contributed by atoms with Crippen molar-refractivity contribution in [3.63, 3.8) is 0 Å². The van der Waals surface area contributed by atoms with Gasteiger partial charge in [-0.1, -0.05) is 35.9 Å². The van der Waals surface area contributed by atoms with Crippen LogP contribution in [0.4, 0.5) is 0 Å². The Kier molecular flexibility index (Phi) is 9.59. The van der Waals surface area contributed by atoms with E-state index >= 15 is 0 Å². The number of allylic oxidation sites excluding steroid dienone is 4. The van der Waals surface area contributed by atoms with E-state index in [0.29, 0.717) is 0 Å². The molecule has 0 aliphatic rings. The summed E-state index contributed by atoms with van der Waals surface area (Å²) in [5.41, 5.74) is 0. The summed E-state index contributed by atoms with van der Waals surface area (Å²) in [5.74, 6) is 0. The predicted octanol–water partition coefficient (Wildman–Crippen LogP) is 5.52. The van der Waals surface area contributed by atoms with Crippen LogP contribution in [0.2, 0.25) is 0 Å². The van der Waals surface area contributed by atoms with Gasteiger partial charge in [0.05, 0.1) is 0 Å². The first-order valence-corrected chi connectivity index (χ1v) is 7.67. The molecule has 0 saturated heterocycles. The molecule has 0 heterocycles. The van der Waals surface area contributed by atoms with E-state index in [1.165, 1.54) is 12.8 Å². The monoisotopic (exact) mass is 463 g/mol. The summed E-state index contributed by atoms with van der Waals surface area (Å²) in [5, 5.41) is 3.22. The lowest BCUT2D eigenvalue weighted by molar-refractivity contribution is 0.735. The summed E-state index contributed by atoms with van der Waals surface area (Å²) in [7, 11) is 0. The Morgan fingerprint density at radius 2 is 1.80 bits per heavy atom. The molecule has 0 saturated carbocycles. The lowest BCUT2D eigenvalue weighted by Gasteiger charge is -2.04. The van der Waals surface area contributed by atoms with Gasteiger partial charge in [-0.05, 0) is 54.2 Å². The van der Waals surface area contributed by atoms with Gasteiger partial charge in [0, 0.05) is 30.7 Å². The van der Waals surface area contributed by atoms with Crippen molar-refractivity contribution in [3.05, 3.63) is 30.7 Å². The van der Waals surface area contributed by atoms with E-state index in [1.54, 1.807) is 0 Å². The smallest absolute Gasteiger partial charge is 0.0485 e. The van der Waals surface area contributed by atoms with Crippen molar-refractivity contribution in [2.24, 2.45) is 0 Å². The summed E-state index contributed by atoms with van der Waals surface area (Å²) in [6, 6.07) is 0. The SMILES string of the molecule is C=C(Br)/C(Br)=C(Br)\C(Br)=C\NCCCC. The summed E-state index contributed by atoms with van der Waals surface area (Å²) in [4.78, 5) is 0. The molecule has 15 heavy (non-hydrogen) atoms. The molecule has 86 valence electrons. The van der Waals surface area contributed by atoms with Crippen molar-refractivity contribution in [2.45, 2.75) is 19.8 Å². The number of unbranched alkanes of at least 4 members (excludes halogenated alkanes) is 1. The number of rotatable bonds is 6. The van der Waals surface area contributed by atoms with Gasteiger partial charge in [-0.25, -0.2) is 0 Å². The Hall–Kier alpha value is 0.940. The molecule has 0 bridgehead atoms. The van der Waals surface area contributed by atoms with Crippen molar-refractivity contribution < 1.29 is 0 Å². The van der Waals surface area contributed by atoms with Crippen LogP contribution in [0, 0.1) is 0 Å². The lowest BCUT2D eigenvalue weighted by atomic mass is 10.3. The van der Waals surface area contributed by atoms with Gasteiger partial charge in [-0.15, -0.1) is 0 Å². The van der Waals surface area contributed by atoms with Gasteiger partial charge in [0.1, 0.15) is 0 Å². The van der Waals surface area contributed by atoms with E-state index in [2.05, 4.69) is 82.5 Å². The standard InChI is InChI=1S/C10H13Br4N/c1-3-4-5-15-6-8(12)10(14)9(13)7(2)11/h6,15H,2-5H2,1H3/b8-6-,10-9-. The molecule has 0 atom stereocenters. The normalized spacial score (nSPS) is 13.5. The molecular formula is C10H13Br4N. The van der Waals surface area contributed by atoms with Crippen LogP contribution in [0.1, 0.15) is 19.8 Å². The first-order valence-electron chi connectivity index (χ1n) is 4.50. The fourth-order valence-electron chi connectivity index (χ4n) is 0.728. The molecule has 0 spiro atoms. The molecular weight excluding hydrogens is 454 g/mol. The maximum atomic E-state index is 3.78. The zero-order valence-corrected chi connectivity index (χ0v) is 14.8. The van der Waals surface area contributed by atoms with Gasteiger partial charge < -0.3 is 5.32 Å². The zero-order valence-electron chi connectivity index (χ0n) is 8.42. The highest BCUT2D eigenvalue weighted by atomic mass is 79.9. The van der Waals surface area contributed by atoms with Gasteiger partial charge in [0.2, 0.25) is 0 Å². The topological polar surface area (TPSA) is 12.0 Å². The molecule has 0 aromatic heterocycles. The molecule has 0 rings (SSSR count). The second kappa shape index (κ2) is 9.02. The third-order valence-electron chi connectivity index (χ3n) is 1.54. The van der Waals surface area contributed by atoms with Crippen LogP contribution in [0.15, 0.2) is 30.7 Å². The van der Waals surface area contributed by atoms with Gasteiger partial charge in [0.15, 0.2) is 0 Å². The molecule has 0 fully saturated rings. The molecule has 0 aromatic carbocycles. The Bertz CT molecular complexity index is 281. The fraction of sp³-hybridized carbons (Fsp3) is 0.400. The van der Waals surface area contributed by atoms with Gasteiger partial charge in [-0.3, -0.25) is 0 Å². The van der Waals surface area contributed by atoms with Crippen LogP contribution in [0.25, 0.3) is 0 Å². The number of halogens is 4. The van der Waals surface area contributed by atoms with Crippen molar-refractivity contribution in [1.82, 2.24) is 5.32 Å². The summed E-state index contributed by atoms with van der Waals surface area (Å²) in [6.45, 7) is 6.93. The molecule has 0 aromatic rings. The minimum absolute atomic E-state index is 0.799. The molecule has 0 amide bonds. The van der Waals surface area contributed by atoms with E-state index in [9.17, 15) is 0 Å². The first-order chi connectivity index (χ1) is 7.00. The van der Waals surface area contributed by atoms with Crippen molar-refractivity contribution in [2.75, 3.05) is 6.54 Å². The number of hydrogen-bond acceptors (Lipinski definition) is 1. The molecule has 0 aliphatic carbocycles. The lowest BCUT2D eigenvalue weighted by Crippen LogP contribution is -2.06. The fourth-order valence-corrected chi connectivity index (χ4v) is 2.39. The third kappa shape index (κ3) is 6.97. The summed E-state index contributed by atoms with van der Waals surface area (Å²) in [6.07, 6.45) is 4.29. The Balaban J connectivity index is 4.36. The van der Waals surface area contributed by atoms with E-state index < -0.39 is 0 Å². The molecule has 0 radical (unpaired) electrons. The van der Waals surface area contributed by atoms with Crippen LogP contribution < -0.4 is 5.32 Å². The highest BCUT2D eigenvalue weighted by Gasteiger charge is 2.05. The van der Waals surface area contributed by atoms with Gasteiger partial charge in [-0.2, -0.15) is 0 Å².